The molecule has 0 aliphatic rings. The maximum Gasteiger partial charge on any atom is 0.207 e. The van der Waals surface area contributed by atoms with Crippen molar-refractivity contribution in [2.75, 3.05) is 0 Å². The second-order valence-corrected chi connectivity index (χ2v) is 5.18. The molecule has 20 heavy (non-hydrogen) atoms. The smallest absolute Gasteiger partial charge is 0.207 e. The van der Waals surface area contributed by atoms with E-state index in [2.05, 4.69) is 11.1 Å². The first kappa shape index (κ1) is 13.0. The maximum absolute atomic E-state index is 6.14. The Bertz CT molecular complexity index is 764. The summed E-state index contributed by atoms with van der Waals surface area (Å²) >= 11 is 6.14. The number of halogens is 1. The Hall–Kier alpha value is -2.00. The lowest BCUT2D eigenvalue weighted by atomic mass is 10.2. The van der Waals surface area contributed by atoms with Gasteiger partial charge in [-0.3, -0.25) is 4.40 Å². The van der Waals surface area contributed by atoms with Gasteiger partial charge in [-0.05, 0) is 54.8 Å². The molecule has 0 radical (unpaired) electrons. The van der Waals surface area contributed by atoms with Crippen LogP contribution < -0.4 is 4.74 Å². The van der Waals surface area contributed by atoms with E-state index in [-0.39, 0.29) is 0 Å². The van der Waals surface area contributed by atoms with Crippen LogP contribution in [0, 0.1) is 13.8 Å². The molecule has 0 saturated carbocycles. The van der Waals surface area contributed by atoms with Gasteiger partial charge in [0.05, 0.1) is 5.52 Å². The summed E-state index contributed by atoms with van der Waals surface area (Å²) in [5, 5.41) is 0.461. The number of para-hydroxylation sites is 1. The topological polar surface area (TPSA) is 26.5 Å². The molecule has 0 aliphatic carbocycles. The Labute approximate surface area is 122 Å². The van der Waals surface area contributed by atoms with Gasteiger partial charge in [-0.25, -0.2) is 4.98 Å². The number of nitrogens with zero attached hydrogens (tertiary/aromatic N) is 2. The van der Waals surface area contributed by atoms with Gasteiger partial charge < -0.3 is 4.74 Å². The predicted octanol–water partition coefficient (Wildman–Crippen LogP) is 4.18. The van der Waals surface area contributed by atoms with E-state index in [0.29, 0.717) is 11.9 Å². The number of pyridine rings is 1. The third kappa shape index (κ3) is 2.37. The molecule has 4 heteroatoms. The standard InChI is InChI=1S/C16H15ClN2O/c1-11-7-8-19-14(9-11)13(18-16(19)17)10-20-15-6-4-3-5-12(15)2/h3-9H,10H2,1-2H3. The number of hydrogen-bond donors (Lipinski definition) is 0. The van der Waals surface area contributed by atoms with Crippen molar-refractivity contribution in [2.45, 2.75) is 20.5 Å². The number of fused-ring (bicyclic) bond motifs is 1. The van der Waals surface area contributed by atoms with Gasteiger partial charge in [0.15, 0.2) is 0 Å². The largest absolute Gasteiger partial charge is 0.487 e. The number of rotatable bonds is 3. The van der Waals surface area contributed by atoms with E-state index in [0.717, 1.165) is 22.5 Å². The average Bonchev–Trinajstić information content (AvgIpc) is 2.74. The number of ether oxygens (including phenoxy) is 1. The fraction of sp³-hybridized carbons (Fsp3) is 0.188. The predicted molar refractivity (Wildman–Crippen MR) is 80.5 cm³/mol. The molecule has 0 saturated heterocycles. The van der Waals surface area contributed by atoms with Gasteiger partial charge in [0.2, 0.25) is 5.28 Å². The van der Waals surface area contributed by atoms with Crippen LogP contribution in [0.5, 0.6) is 5.75 Å². The molecule has 2 heterocycles. The molecule has 0 spiro atoms. The third-order valence-electron chi connectivity index (χ3n) is 3.29. The van der Waals surface area contributed by atoms with Crippen molar-refractivity contribution in [1.29, 1.82) is 0 Å². The highest BCUT2D eigenvalue weighted by atomic mass is 35.5. The Kier molecular flexibility index (Phi) is 3.36. The van der Waals surface area contributed by atoms with Crippen molar-refractivity contribution < 1.29 is 4.74 Å². The van der Waals surface area contributed by atoms with Crippen LogP contribution in [0.4, 0.5) is 0 Å². The molecule has 0 bridgehead atoms. The van der Waals surface area contributed by atoms with E-state index < -0.39 is 0 Å². The molecule has 0 fully saturated rings. The molecule has 0 amide bonds. The minimum absolute atomic E-state index is 0.407. The zero-order valence-electron chi connectivity index (χ0n) is 11.4. The summed E-state index contributed by atoms with van der Waals surface area (Å²) in [6.45, 7) is 4.48. The lowest BCUT2D eigenvalue weighted by Gasteiger charge is -2.07. The van der Waals surface area contributed by atoms with Crippen LogP contribution in [-0.2, 0) is 6.61 Å². The van der Waals surface area contributed by atoms with Crippen LogP contribution in [0.3, 0.4) is 0 Å². The minimum Gasteiger partial charge on any atom is -0.487 e. The molecular formula is C16H15ClN2O. The second kappa shape index (κ2) is 5.17. The highest BCUT2D eigenvalue weighted by Crippen LogP contribution is 2.22. The molecule has 0 aliphatic heterocycles. The van der Waals surface area contributed by atoms with Gasteiger partial charge in [-0.1, -0.05) is 18.2 Å². The molecule has 102 valence electrons. The molecule has 0 unspecified atom stereocenters. The van der Waals surface area contributed by atoms with Gasteiger partial charge in [-0.2, -0.15) is 0 Å². The molecule has 1 aromatic carbocycles. The van der Waals surface area contributed by atoms with Crippen molar-refractivity contribution in [3.05, 3.63) is 64.7 Å². The summed E-state index contributed by atoms with van der Waals surface area (Å²) in [5.41, 5.74) is 4.12. The van der Waals surface area contributed by atoms with Crippen LogP contribution >= 0.6 is 11.6 Å². The fourth-order valence-electron chi connectivity index (χ4n) is 2.18. The monoisotopic (exact) mass is 286 g/mol. The highest BCUT2D eigenvalue weighted by Gasteiger charge is 2.10. The van der Waals surface area contributed by atoms with Gasteiger partial charge in [0.25, 0.3) is 0 Å². The molecule has 0 N–H and O–H groups in total. The van der Waals surface area contributed by atoms with Crippen LogP contribution in [0.25, 0.3) is 5.52 Å². The average molecular weight is 287 g/mol. The SMILES string of the molecule is Cc1ccn2c(Cl)nc(COc3ccccc3C)c2c1. The number of imidazole rings is 1. The Morgan fingerprint density at radius 3 is 2.80 bits per heavy atom. The highest BCUT2D eigenvalue weighted by molar-refractivity contribution is 6.28. The minimum atomic E-state index is 0.407. The van der Waals surface area contributed by atoms with Crippen LogP contribution in [0.2, 0.25) is 5.28 Å². The number of aromatic nitrogens is 2. The lowest BCUT2D eigenvalue weighted by Crippen LogP contribution is -1.98. The first-order chi connectivity index (χ1) is 9.65. The van der Waals surface area contributed by atoms with Gasteiger partial charge in [-0.15, -0.1) is 0 Å². The van der Waals surface area contributed by atoms with Crippen LogP contribution in [0.15, 0.2) is 42.6 Å². The Morgan fingerprint density at radius 2 is 2.00 bits per heavy atom. The molecule has 3 rings (SSSR count). The zero-order chi connectivity index (χ0) is 14.1. The lowest BCUT2D eigenvalue weighted by molar-refractivity contribution is 0.301. The van der Waals surface area contributed by atoms with Crippen molar-refractivity contribution >= 4 is 17.1 Å². The first-order valence-corrected chi connectivity index (χ1v) is 6.84. The zero-order valence-corrected chi connectivity index (χ0v) is 12.2. The first-order valence-electron chi connectivity index (χ1n) is 6.46. The van der Waals surface area contributed by atoms with Gasteiger partial charge in [0.1, 0.15) is 18.1 Å². The van der Waals surface area contributed by atoms with E-state index in [4.69, 9.17) is 16.3 Å². The summed E-state index contributed by atoms with van der Waals surface area (Å²) in [6.07, 6.45) is 1.93. The van der Waals surface area contributed by atoms with E-state index in [9.17, 15) is 0 Å². The summed E-state index contributed by atoms with van der Waals surface area (Å²) in [6, 6.07) is 12.0. The molecule has 0 atom stereocenters. The van der Waals surface area contributed by atoms with Crippen molar-refractivity contribution in [3.63, 3.8) is 0 Å². The second-order valence-electron chi connectivity index (χ2n) is 4.84. The molecule has 2 aromatic heterocycles. The van der Waals surface area contributed by atoms with Crippen LogP contribution in [0.1, 0.15) is 16.8 Å². The van der Waals surface area contributed by atoms with E-state index >= 15 is 0 Å². The fourth-order valence-corrected chi connectivity index (χ4v) is 2.43. The Morgan fingerprint density at radius 1 is 1.20 bits per heavy atom. The van der Waals surface area contributed by atoms with E-state index in [1.165, 1.54) is 5.56 Å². The van der Waals surface area contributed by atoms with Crippen molar-refractivity contribution in [2.24, 2.45) is 0 Å². The van der Waals surface area contributed by atoms with Crippen LogP contribution in [-0.4, -0.2) is 9.38 Å². The van der Waals surface area contributed by atoms with Crippen molar-refractivity contribution in [3.8, 4) is 5.75 Å². The molecule has 3 aromatic rings. The summed E-state index contributed by atoms with van der Waals surface area (Å²) in [4.78, 5) is 4.38. The maximum atomic E-state index is 6.14. The summed E-state index contributed by atoms with van der Waals surface area (Å²) < 4.78 is 7.72. The van der Waals surface area contributed by atoms with Crippen molar-refractivity contribution in [1.82, 2.24) is 9.38 Å². The summed E-state index contributed by atoms with van der Waals surface area (Å²) in [5.74, 6) is 0.873. The number of benzene rings is 1. The van der Waals surface area contributed by atoms with E-state index in [1.807, 2.05) is 54.8 Å². The van der Waals surface area contributed by atoms with Gasteiger partial charge in [0, 0.05) is 6.20 Å². The number of hydrogen-bond acceptors (Lipinski definition) is 2. The quantitative estimate of drug-likeness (QED) is 0.722. The Balaban J connectivity index is 1.92. The normalized spacial score (nSPS) is 10.9. The third-order valence-corrected chi connectivity index (χ3v) is 3.56. The number of aryl methyl sites for hydroxylation is 2. The summed E-state index contributed by atoms with van der Waals surface area (Å²) in [7, 11) is 0. The molecule has 3 nitrogen and oxygen atoms in total. The molecular weight excluding hydrogens is 272 g/mol. The van der Waals surface area contributed by atoms with Gasteiger partial charge >= 0.3 is 0 Å². The van der Waals surface area contributed by atoms with E-state index in [1.54, 1.807) is 0 Å².